The monoisotopic (exact) mass is 238 g/mol. The third-order valence-corrected chi connectivity index (χ3v) is 2.81. The van der Waals surface area contributed by atoms with Gasteiger partial charge in [0.05, 0.1) is 26.4 Å². The summed E-state index contributed by atoms with van der Waals surface area (Å²) in [5.41, 5.74) is 1.98. The molecule has 1 aromatic rings. The molecular formula is C13H18O4. The van der Waals surface area contributed by atoms with Crippen molar-refractivity contribution in [1.29, 1.82) is 0 Å². The van der Waals surface area contributed by atoms with Crippen LogP contribution in [0, 0.1) is 0 Å². The van der Waals surface area contributed by atoms with Gasteiger partial charge in [-0.25, -0.2) is 0 Å². The molecule has 1 aliphatic heterocycles. The SMILES string of the molecule is COCCOCC(O)c1cccc2c1OCC2. The molecule has 0 amide bonds. The molecular weight excluding hydrogens is 220 g/mol. The summed E-state index contributed by atoms with van der Waals surface area (Å²) in [5, 5.41) is 10.0. The highest BCUT2D eigenvalue weighted by Gasteiger charge is 2.20. The zero-order valence-electron chi connectivity index (χ0n) is 10.0. The summed E-state index contributed by atoms with van der Waals surface area (Å²) in [6, 6.07) is 5.86. The van der Waals surface area contributed by atoms with Crippen LogP contribution in [0.15, 0.2) is 18.2 Å². The highest BCUT2D eigenvalue weighted by Crippen LogP contribution is 2.33. The number of rotatable bonds is 6. The molecule has 1 atom stereocenters. The first kappa shape index (κ1) is 12.4. The lowest BCUT2D eigenvalue weighted by Crippen LogP contribution is -2.11. The predicted molar refractivity (Wildman–Crippen MR) is 63.3 cm³/mol. The molecule has 0 fully saturated rings. The van der Waals surface area contributed by atoms with E-state index in [1.807, 2.05) is 18.2 Å². The van der Waals surface area contributed by atoms with Crippen molar-refractivity contribution in [2.45, 2.75) is 12.5 Å². The van der Waals surface area contributed by atoms with Crippen LogP contribution < -0.4 is 4.74 Å². The largest absolute Gasteiger partial charge is 0.493 e. The number of aliphatic hydroxyl groups is 1. The fraction of sp³-hybridized carbons (Fsp3) is 0.538. The van der Waals surface area contributed by atoms with Gasteiger partial charge in [0, 0.05) is 19.1 Å². The lowest BCUT2D eigenvalue weighted by atomic mass is 10.0. The maximum absolute atomic E-state index is 10.0. The maximum atomic E-state index is 10.0. The molecule has 17 heavy (non-hydrogen) atoms. The third-order valence-electron chi connectivity index (χ3n) is 2.81. The first-order valence-electron chi connectivity index (χ1n) is 5.82. The summed E-state index contributed by atoms with van der Waals surface area (Å²) in [6.07, 6.45) is 0.278. The van der Waals surface area contributed by atoms with Gasteiger partial charge < -0.3 is 19.3 Å². The van der Waals surface area contributed by atoms with E-state index in [9.17, 15) is 5.11 Å². The molecule has 0 aromatic heterocycles. The Morgan fingerprint density at radius 1 is 1.41 bits per heavy atom. The van der Waals surface area contributed by atoms with Crippen molar-refractivity contribution in [2.24, 2.45) is 0 Å². The average Bonchev–Trinajstić information content (AvgIpc) is 2.82. The zero-order valence-corrected chi connectivity index (χ0v) is 10.0. The normalized spacial score (nSPS) is 15.4. The third kappa shape index (κ3) is 2.97. The number of fused-ring (bicyclic) bond motifs is 1. The Morgan fingerprint density at radius 3 is 3.12 bits per heavy atom. The van der Waals surface area contributed by atoms with Crippen LogP contribution in [-0.4, -0.2) is 38.6 Å². The summed E-state index contributed by atoms with van der Waals surface area (Å²) in [5.74, 6) is 0.829. The average molecular weight is 238 g/mol. The van der Waals surface area contributed by atoms with Crippen LogP contribution in [-0.2, 0) is 15.9 Å². The lowest BCUT2D eigenvalue weighted by molar-refractivity contribution is 0.0118. The highest BCUT2D eigenvalue weighted by atomic mass is 16.5. The second-order valence-corrected chi connectivity index (χ2v) is 4.02. The second kappa shape index (κ2) is 6.00. The van der Waals surface area contributed by atoms with E-state index in [0.29, 0.717) is 19.8 Å². The van der Waals surface area contributed by atoms with E-state index in [2.05, 4.69) is 0 Å². The van der Waals surface area contributed by atoms with Crippen molar-refractivity contribution in [3.63, 3.8) is 0 Å². The minimum absolute atomic E-state index is 0.267. The molecule has 0 aliphatic carbocycles. The van der Waals surface area contributed by atoms with Gasteiger partial charge in [0.25, 0.3) is 0 Å². The van der Waals surface area contributed by atoms with Gasteiger partial charge in [0.2, 0.25) is 0 Å². The van der Waals surface area contributed by atoms with E-state index in [0.717, 1.165) is 17.7 Å². The lowest BCUT2D eigenvalue weighted by Gasteiger charge is -2.14. The van der Waals surface area contributed by atoms with Gasteiger partial charge in [-0.2, -0.15) is 0 Å². The van der Waals surface area contributed by atoms with Crippen molar-refractivity contribution in [1.82, 2.24) is 0 Å². The Hall–Kier alpha value is -1.10. The van der Waals surface area contributed by atoms with E-state index in [1.54, 1.807) is 7.11 Å². The van der Waals surface area contributed by atoms with Crippen molar-refractivity contribution < 1.29 is 19.3 Å². The Kier molecular flexibility index (Phi) is 4.36. The van der Waals surface area contributed by atoms with Gasteiger partial charge in [0.15, 0.2) is 0 Å². The zero-order chi connectivity index (χ0) is 12.1. The number of benzene rings is 1. The van der Waals surface area contributed by atoms with Crippen LogP contribution in [0.1, 0.15) is 17.2 Å². The van der Waals surface area contributed by atoms with Crippen LogP contribution >= 0.6 is 0 Å². The maximum Gasteiger partial charge on any atom is 0.128 e. The summed E-state index contributed by atoms with van der Waals surface area (Å²) >= 11 is 0. The first-order valence-corrected chi connectivity index (χ1v) is 5.82. The molecule has 0 spiro atoms. The molecule has 1 N–H and O–H groups in total. The van der Waals surface area contributed by atoms with Crippen LogP contribution in [0.5, 0.6) is 5.75 Å². The number of aliphatic hydroxyl groups excluding tert-OH is 1. The van der Waals surface area contributed by atoms with Crippen LogP contribution in [0.25, 0.3) is 0 Å². The molecule has 0 saturated carbocycles. The van der Waals surface area contributed by atoms with Crippen molar-refractivity contribution in [2.75, 3.05) is 33.5 Å². The second-order valence-electron chi connectivity index (χ2n) is 4.02. The molecule has 1 heterocycles. The van der Waals surface area contributed by atoms with Crippen molar-refractivity contribution in [3.8, 4) is 5.75 Å². The van der Waals surface area contributed by atoms with Crippen LogP contribution in [0.3, 0.4) is 0 Å². The van der Waals surface area contributed by atoms with Gasteiger partial charge in [-0.15, -0.1) is 0 Å². The van der Waals surface area contributed by atoms with Gasteiger partial charge in [-0.05, 0) is 5.56 Å². The standard InChI is InChI=1S/C13H18O4/c1-15-7-8-16-9-12(14)11-4-2-3-10-5-6-17-13(10)11/h2-4,12,14H,5-9H2,1H3. The van der Waals surface area contributed by atoms with Gasteiger partial charge in [0.1, 0.15) is 11.9 Å². The molecule has 4 nitrogen and oxygen atoms in total. The molecule has 94 valence electrons. The van der Waals surface area contributed by atoms with Crippen molar-refractivity contribution >= 4 is 0 Å². The quantitative estimate of drug-likeness (QED) is 0.759. The van der Waals surface area contributed by atoms with E-state index < -0.39 is 6.10 Å². The molecule has 0 bridgehead atoms. The summed E-state index contributed by atoms with van der Waals surface area (Å²) < 4.78 is 15.7. The van der Waals surface area contributed by atoms with Gasteiger partial charge in [-0.1, -0.05) is 18.2 Å². The summed E-state index contributed by atoms with van der Waals surface area (Å²) in [7, 11) is 1.62. The number of hydrogen-bond donors (Lipinski definition) is 1. The molecule has 0 radical (unpaired) electrons. The van der Waals surface area contributed by atoms with E-state index >= 15 is 0 Å². The van der Waals surface area contributed by atoms with Crippen LogP contribution in [0.2, 0.25) is 0 Å². The molecule has 4 heteroatoms. The topological polar surface area (TPSA) is 47.9 Å². The predicted octanol–water partition coefficient (Wildman–Crippen LogP) is 1.32. The Labute approximate surface area is 101 Å². The van der Waals surface area contributed by atoms with Gasteiger partial charge >= 0.3 is 0 Å². The highest BCUT2D eigenvalue weighted by molar-refractivity contribution is 5.45. The molecule has 1 aromatic carbocycles. The fourth-order valence-electron chi connectivity index (χ4n) is 1.93. The summed E-state index contributed by atoms with van der Waals surface area (Å²) in [6.45, 7) is 1.99. The fourth-order valence-corrected chi connectivity index (χ4v) is 1.93. The molecule has 0 saturated heterocycles. The first-order chi connectivity index (χ1) is 8.33. The number of ether oxygens (including phenoxy) is 3. The van der Waals surface area contributed by atoms with E-state index in [1.165, 1.54) is 5.56 Å². The Morgan fingerprint density at radius 2 is 2.29 bits per heavy atom. The molecule has 2 rings (SSSR count). The minimum Gasteiger partial charge on any atom is -0.493 e. The number of methoxy groups -OCH3 is 1. The van der Waals surface area contributed by atoms with Crippen LogP contribution in [0.4, 0.5) is 0 Å². The Bertz CT molecular complexity index is 364. The Balaban J connectivity index is 1.95. The summed E-state index contributed by atoms with van der Waals surface area (Å²) in [4.78, 5) is 0. The number of hydrogen-bond acceptors (Lipinski definition) is 4. The van der Waals surface area contributed by atoms with Gasteiger partial charge in [-0.3, -0.25) is 0 Å². The van der Waals surface area contributed by atoms with Crippen molar-refractivity contribution in [3.05, 3.63) is 29.3 Å². The smallest absolute Gasteiger partial charge is 0.128 e. The van der Waals surface area contributed by atoms with E-state index in [4.69, 9.17) is 14.2 Å². The number of para-hydroxylation sites is 1. The minimum atomic E-state index is -0.639. The van der Waals surface area contributed by atoms with E-state index in [-0.39, 0.29) is 6.61 Å². The molecule has 1 unspecified atom stereocenters. The molecule has 1 aliphatic rings.